The maximum atomic E-state index is 8.76. The summed E-state index contributed by atoms with van der Waals surface area (Å²) >= 11 is 0. The second-order valence-electron chi connectivity index (χ2n) is 2.81. The van der Waals surface area contributed by atoms with Gasteiger partial charge in [-0.1, -0.05) is 0 Å². The van der Waals surface area contributed by atoms with E-state index in [0.29, 0.717) is 11.5 Å². The number of anilines is 1. The molecule has 6 nitrogen and oxygen atoms in total. The molecule has 0 spiro atoms. The molecule has 2 rings (SSSR count). The van der Waals surface area contributed by atoms with E-state index in [1.165, 1.54) is 6.20 Å². The second-order valence-corrected chi connectivity index (χ2v) is 2.81. The molecule has 2 heterocycles. The molecular weight excluding hydrogens is 180 g/mol. The van der Waals surface area contributed by atoms with Crippen LogP contribution in [-0.4, -0.2) is 19.3 Å². The van der Waals surface area contributed by atoms with Gasteiger partial charge in [-0.2, -0.15) is 10.4 Å². The van der Waals surface area contributed by atoms with Crippen LogP contribution in [0, 0.1) is 11.3 Å². The van der Waals surface area contributed by atoms with E-state index in [2.05, 4.69) is 10.1 Å². The minimum absolute atomic E-state index is 0.274. The molecule has 0 aliphatic rings. The molecule has 6 heteroatoms. The average Bonchev–Trinajstić information content (AvgIpc) is 2.71. The lowest BCUT2D eigenvalue weighted by molar-refractivity contribution is 0.749. The van der Waals surface area contributed by atoms with Gasteiger partial charge in [0.1, 0.15) is 6.07 Å². The highest BCUT2D eigenvalue weighted by molar-refractivity contribution is 5.52. The zero-order valence-corrected chi connectivity index (χ0v) is 7.55. The molecular formula is C8H8N6. The van der Waals surface area contributed by atoms with E-state index in [-0.39, 0.29) is 5.82 Å². The summed E-state index contributed by atoms with van der Waals surface area (Å²) in [5.41, 5.74) is 6.23. The lowest BCUT2D eigenvalue weighted by atomic mass is 10.5. The molecule has 0 bridgehead atoms. The van der Waals surface area contributed by atoms with Crippen molar-refractivity contribution in [1.29, 1.82) is 5.26 Å². The van der Waals surface area contributed by atoms with Gasteiger partial charge in [0, 0.05) is 25.6 Å². The Kier molecular flexibility index (Phi) is 1.71. The highest BCUT2D eigenvalue weighted by atomic mass is 15.3. The number of nitrogen functional groups attached to an aromatic ring is 1. The first kappa shape index (κ1) is 8.31. The Morgan fingerprint density at radius 1 is 1.57 bits per heavy atom. The van der Waals surface area contributed by atoms with Gasteiger partial charge >= 0.3 is 0 Å². The van der Waals surface area contributed by atoms with Crippen LogP contribution in [0.1, 0.15) is 5.82 Å². The van der Waals surface area contributed by atoms with Crippen LogP contribution in [0.15, 0.2) is 18.6 Å². The summed E-state index contributed by atoms with van der Waals surface area (Å²) in [4.78, 5) is 3.86. The van der Waals surface area contributed by atoms with Crippen molar-refractivity contribution in [3.63, 3.8) is 0 Å². The fourth-order valence-corrected chi connectivity index (χ4v) is 1.24. The lowest BCUT2D eigenvalue weighted by Crippen LogP contribution is -2.01. The van der Waals surface area contributed by atoms with Gasteiger partial charge in [0.05, 0.1) is 5.69 Å². The number of aromatic nitrogens is 4. The largest absolute Gasteiger partial charge is 0.394 e. The number of hydrogen-bond donors (Lipinski definition) is 1. The summed E-state index contributed by atoms with van der Waals surface area (Å²) in [5, 5.41) is 12.9. The zero-order chi connectivity index (χ0) is 10.1. The molecule has 0 atom stereocenters. The summed E-state index contributed by atoms with van der Waals surface area (Å²) in [6.07, 6.45) is 4.86. The van der Waals surface area contributed by atoms with Gasteiger partial charge in [-0.15, -0.1) is 0 Å². The molecule has 0 amide bonds. The molecule has 2 N–H and O–H groups in total. The number of aryl methyl sites for hydroxylation is 1. The van der Waals surface area contributed by atoms with E-state index in [0.717, 1.165) is 0 Å². The molecule has 0 unspecified atom stereocenters. The summed E-state index contributed by atoms with van der Waals surface area (Å²) < 4.78 is 3.14. The number of imidazole rings is 1. The van der Waals surface area contributed by atoms with Crippen molar-refractivity contribution in [2.45, 2.75) is 0 Å². The Morgan fingerprint density at radius 2 is 2.36 bits per heavy atom. The second kappa shape index (κ2) is 2.88. The van der Waals surface area contributed by atoms with E-state index >= 15 is 0 Å². The van der Waals surface area contributed by atoms with Crippen molar-refractivity contribution in [3.05, 3.63) is 24.4 Å². The minimum Gasteiger partial charge on any atom is -0.394 e. The van der Waals surface area contributed by atoms with Crippen molar-refractivity contribution in [2.75, 3.05) is 5.73 Å². The standard InChI is InChI=1S/C8H8N6/c1-13-5-6(10)8(12-13)14-3-2-11-7(14)4-9/h2-3,5H,10H2,1H3. The summed E-state index contributed by atoms with van der Waals surface area (Å²) in [6.45, 7) is 0. The topological polar surface area (TPSA) is 85.5 Å². The molecule has 0 fully saturated rings. The van der Waals surface area contributed by atoms with Crippen LogP contribution >= 0.6 is 0 Å². The van der Waals surface area contributed by atoms with Crippen LogP contribution in [0.2, 0.25) is 0 Å². The Balaban J connectivity index is 2.61. The van der Waals surface area contributed by atoms with Crippen molar-refractivity contribution in [1.82, 2.24) is 19.3 Å². The monoisotopic (exact) mass is 188 g/mol. The van der Waals surface area contributed by atoms with Crippen molar-refractivity contribution in [2.24, 2.45) is 7.05 Å². The van der Waals surface area contributed by atoms with E-state index in [9.17, 15) is 0 Å². The first-order valence-corrected chi connectivity index (χ1v) is 3.95. The van der Waals surface area contributed by atoms with E-state index < -0.39 is 0 Å². The van der Waals surface area contributed by atoms with E-state index in [1.54, 1.807) is 28.7 Å². The first-order valence-electron chi connectivity index (χ1n) is 3.95. The van der Waals surface area contributed by atoms with Crippen molar-refractivity contribution < 1.29 is 0 Å². The van der Waals surface area contributed by atoms with Crippen LogP contribution in [-0.2, 0) is 7.05 Å². The van der Waals surface area contributed by atoms with Gasteiger partial charge in [-0.25, -0.2) is 4.98 Å². The number of nitrogens with zero attached hydrogens (tertiary/aromatic N) is 5. The fourth-order valence-electron chi connectivity index (χ4n) is 1.24. The Hall–Kier alpha value is -2.29. The Morgan fingerprint density at radius 3 is 2.93 bits per heavy atom. The fraction of sp³-hybridized carbons (Fsp3) is 0.125. The molecule has 0 aliphatic carbocycles. The first-order chi connectivity index (χ1) is 6.72. The number of nitriles is 1. The third-order valence-electron chi connectivity index (χ3n) is 1.81. The van der Waals surface area contributed by atoms with Crippen molar-refractivity contribution >= 4 is 5.69 Å². The Labute approximate surface area is 80.2 Å². The molecule has 0 radical (unpaired) electrons. The molecule has 0 aromatic carbocycles. The predicted octanol–water partition coefficient (Wildman–Crippen LogP) is 0.0597. The van der Waals surface area contributed by atoms with Gasteiger partial charge in [0.2, 0.25) is 5.82 Å². The summed E-state index contributed by atoms with van der Waals surface area (Å²) in [7, 11) is 1.77. The minimum atomic E-state index is 0.274. The summed E-state index contributed by atoms with van der Waals surface area (Å²) in [5.74, 6) is 0.803. The van der Waals surface area contributed by atoms with Crippen LogP contribution in [0.5, 0.6) is 0 Å². The highest BCUT2D eigenvalue weighted by Crippen LogP contribution is 2.15. The predicted molar refractivity (Wildman–Crippen MR) is 49.5 cm³/mol. The van der Waals surface area contributed by atoms with Crippen LogP contribution in [0.4, 0.5) is 5.69 Å². The maximum absolute atomic E-state index is 8.76. The van der Waals surface area contributed by atoms with Crippen LogP contribution in [0.25, 0.3) is 5.82 Å². The third kappa shape index (κ3) is 1.11. The molecule has 2 aromatic rings. The number of nitrogens with two attached hydrogens (primary N) is 1. The smallest absolute Gasteiger partial charge is 0.218 e. The average molecular weight is 188 g/mol. The van der Waals surface area contributed by atoms with Gasteiger partial charge in [0.15, 0.2) is 5.82 Å². The zero-order valence-electron chi connectivity index (χ0n) is 7.55. The van der Waals surface area contributed by atoms with Crippen LogP contribution in [0.3, 0.4) is 0 Å². The maximum Gasteiger partial charge on any atom is 0.218 e. The van der Waals surface area contributed by atoms with Gasteiger partial charge < -0.3 is 5.73 Å². The number of rotatable bonds is 1. The lowest BCUT2D eigenvalue weighted by Gasteiger charge is -1.98. The molecule has 14 heavy (non-hydrogen) atoms. The number of hydrogen-bond acceptors (Lipinski definition) is 4. The summed E-state index contributed by atoms with van der Waals surface area (Å²) in [6, 6.07) is 1.96. The van der Waals surface area contributed by atoms with Gasteiger partial charge in [-0.3, -0.25) is 9.25 Å². The van der Waals surface area contributed by atoms with Crippen LogP contribution < -0.4 is 5.73 Å². The highest BCUT2D eigenvalue weighted by Gasteiger charge is 2.10. The van der Waals surface area contributed by atoms with Crippen molar-refractivity contribution in [3.8, 4) is 11.9 Å². The third-order valence-corrected chi connectivity index (χ3v) is 1.81. The molecule has 0 saturated carbocycles. The molecule has 2 aromatic heterocycles. The van der Waals surface area contributed by atoms with Gasteiger partial charge in [-0.05, 0) is 0 Å². The SMILES string of the molecule is Cn1cc(N)c(-n2ccnc2C#N)n1. The molecule has 70 valence electrons. The van der Waals surface area contributed by atoms with E-state index in [4.69, 9.17) is 11.0 Å². The normalized spacial score (nSPS) is 10.0. The quantitative estimate of drug-likeness (QED) is 0.685. The van der Waals surface area contributed by atoms with E-state index in [1.807, 2.05) is 6.07 Å². The van der Waals surface area contributed by atoms with Gasteiger partial charge in [0.25, 0.3) is 0 Å². The Bertz CT molecular complexity index is 500. The molecule has 0 aliphatic heterocycles. The molecule has 0 saturated heterocycles.